The maximum absolute atomic E-state index is 9.36. The summed E-state index contributed by atoms with van der Waals surface area (Å²) >= 11 is 5.86. The number of nitrogens with one attached hydrogen (secondary N) is 1. The molecule has 3 heteroatoms. The highest BCUT2D eigenvalue weighted by Crippen LogP contribution is 2.22. The van der Waals surface area contributed by atoms with Gasteiger partial charge in [-0.25, -0.2) is 0 Å². The van der Waals surface area contributed by atoms with E-state index in [1.807, 2.05) is 60.7 Å². The van der Waals surface area contributed by atoms with Crippen LogP contribution in [0.1, 0.15) is 11.3 Å². The summed E-state index contributed by atoms with van der Waals surface area (Å²) in [4.78, 5) is 3.26. The highest BCUT2D eigenvalue weighted by atomic mass is 35.5. The van der Waals surface area contributed by atoms with Crippen molar-refractivity contribution in [3.05, 3.63) is 70.9 Å². The van der Waals surface area contributed by atoms with Gasteiger partial charge in [0.2, 0.25) is 0 Å². The van der Waals surface area contributed by atoms with Gasteiger partial charge in [0.25, 0.3) is 0 Å². The molecule has 0 saturated heterocycles. The minimum atomic E-state index is 0.600. The molecule has 1 N–H and O–H groups in total. The number of hydrogen-bond donors (Lipinski definition) is 1. The van der Waals surface area contributed by atoms with Gasteiger partial charge < -0.3 is 4.98 Å². The second-order valence-corrected chi connectivity index (χ2v) is 4.93. The van der Waals surface area contributed by atoms with Crippen molar-refractivity contribution in [2.75, 3.05) is 0 Å². The van der Waals surface area contributed by atoms with Crippen LogP contribution < -0.4 is 0 Å². The van der Waals surface area contributed by atoms with Gasteiger partial charge in [-0.05, 0) is 35.9 Å². The van der Waals surface area contributed by atoms with E-state index in [2.05, 4.69) is 11.1 Å². The summed E-state index contributed by atoms with van der Waals surface area (Å²) in [6, 6.07) is 19.6. The Balaban J connectivity index is 2.05. The second-order valence-electron chi connectivity index (χ2n) is 4.49. The first kappa shape index (κ1) is 12.5. The molecule has 0 amide bonds. The molecule has 3 rings (SSSR count). The van der Waals surface area contributed by atoms with Crippen LogP contribution in [-0.4, -0.2) is 4.98 Å². The SMILES string of the molecule is N#C/C(=C\c1ccc(Cl)cc1)c1cc2ccccc2[nH]1. The fourth-order valence-corrected chi connectivity index (χ4v) is 2.24. The van der Waals surface area contributed by atoms with Crippen LogP contribution in [0.25, 0.3) is 22.6 Å². The van der Waals surface area contributed by atoms with Crippen LogP contribution in [-0.2, 0) is 0 Å². The van der Waals surface area contributed by atoms with E-state index in [4.69, 9.17) is 11.6 Å². The lowest BCUT2D eigenvalue weighted by Gasteiger charge is -1.97. The van der Waals surface area contributed by atoms with Crippen molar-refractivity contribution in [2.45, 2.75) is 0 Å². The summed E-state index contributed by atoms with van der Waals surface area (Å²) in [5.74, 6) is 0. The molecule has 0 spiro atoms. The van der Waals surface area contributed by atoms with Crippen molar-refractivity contribution in [3.8, 4) is 6.07 Å². The maximum atomic E-state index is 9.36. The van der Waals surface area contributed by atoms with E-state index >= 15 is 0 Å². The van der Waals surface area contributed by atoms with Crippen molar-refractivity contribution in [1.29, 1.82) is 5.26 Å². The van der Waals surface area contributed by atoms with Gasteiger partial charge in [-0.1, -0.05) is 41.9 Å². The average Bonchev–Trinajstić information content (AvgIpc) is 2.90. The molecule has 0 aliphatic carbocycles. The van der Waals surface area contributed by atoms with Crippen LogP contribution in [0, 0.1) is 11.3 Å². The predicted octanol–water partition coefficient (Wildman–Crippen LogP) is 4.89. The summed E-state index contributed by atoms with van der Waals surface area (Å²) < 4.78 is 0. The highest BCUT2D eigenvalue weighted by molar-refractivity contribution is 6.30. The van der Waals surface area contributed by atoms with Crippen LogP contribution in [0.2, 0.25) is 5.02 Å². The van der Waals surface area contributed by atoms with Crippen LogP contribution >= 0.6 is 11.6 Å². The Morgan fingerprint density at radius 2 is 1.85 bits per heavy atom. The third-order valence-corrected chi connectivity index (χ3v) is 3.37. The number of aromatic amines is 1. The molecule has 0 aliphatic heterocycles. The molecule has 1 heterocycles. The van der Waals surface area contributed by atoms with Crippen LogP contribution in [0.4, 0.5) is 0 Å². The zero-order valence-electron chi connectivity index (χ0n) is 10.6. The maximum Gasteiger partial charge on any atom is 0.101 e. The lowest BCUT2D eigenvalue weighted by atomic mass is 10.1. The number of aromatic nitrogens is 1. The minimum absolute atomic E-state index is 0.600. The summed E-state index contributed by atoms with van der Waals surface area (Å²) in [5, 5.41) is 11.1. The molecule has 0 saturated carbocycles. The largest absolute Gasteiger partial charge is 0.354 e. The zero-order valence-corrected chi connectivity index (χ0v) is 11.4. The fourth-order valence-electron chi connectivity index (χ4n) is 2.11. The van der Waals surface area contributed by atoms with Crippen LogP contribution in [0.3, 0.4) is 0 Å². The monoisotopic (exact) mass is 278 g/mol. The average molecular weight is 279 g/mol. The Bertz CT molecular complexity index is 787. The molecular formula is C17H11ClN2. The first-order valence-electron chi connectivity index (χ1n) is 6.22. The van der Waals surface area contributed by atoms with Crippen molar-refractivity contribution in [1.82, 2.24) is 4.98 Å². The first-order chi connectivity index (χ1) is 9.76. The van der Waals surface area contributed by atoms with E-state index in [1.54, 1.807) is 0 Å². The lowest BCUT2D eigenvalue weighted by molar-refractivity contribution is 1.40. The molecule has 0 radical (unpaired) electrons. The molecule has 0 aliphatic rings. The van der Waals surface area contributed by atoms with E-state index in [1.165, 1.54) is 0 Å². The number of para-hydroxylation sites is 1. The summed E-state index contributed by atoms with van der Waals surface area (Å²) in [6.45, 7) is 0. The normalized spacial score (nSPS) is 11.5. The van der Waals surface area contributed by atoms with Gasteiger partial charge in [0.05, 0.1) is 11.3 Å². The second kappa shape index (κ2) is 5.24. The zero-order chi connectivity index (χ0) is 13.9. The Morgan fingerprint density at radius 3 is 2.55 bits per heavy atom. The van der Waals surface area contributed by atoms with Crippen molar-refractivity contribution in [2.24, 2.45) is 0 Å². The van der Waals surface area contributed by atoms with E-state index in [9.17, 15) is 5.26 Å². The van der Waals surface area contributed by atoms with Gasteiger partial charge in [0.1, 0.15) is 6.07 Å². The van der Waals surface area contributed by atoms with Crippen LogP contribution in [0.5, 0.6) is 0 Å². The molecular weight excluding hydrogens is 268 g/mol. The fraction of sp³-hybridized carbons (Fsp3) is 0. The molecule has 0 bridgehead atoms. The smallest absolute Gasteiger partial charge is 0.101 e. The predicted molar refractivity (Wildman–Crippen MR) is 83.2 cm³/mol. The highest BCUT2D eigenvalue weighted by Gasteiger charge is 2.05. The minimum Gasteiger partial charge on any atom is -0.354 e. The number of rotatable bonds is 2. The standard InChI is InChI=1S/C17H11ClN2/c18-15-7-5-12(6-8-15)9-14(11-19)17-10-13-3-1-2-4-16(13)20-17/h1-10,20H/b14-9+. The Kier molecular flexibility index (Phi) is 3.28. The van der Waals surface area contributed by atoms with Gasteiger partial charge in [-0.2, -0.15) is 5.26 Å². The topological polar surface area (TPSA) is 39.6 Å². The number of hydrogen-bond acceptors (Lipinski definition) is 1. The van der Waals surface area contributed by atoms with Crippen LogP contribution in [0.15, 0.2) is 54.6 Å². The molecule has 2 aromatic carbocycles. The summed E-state index contributed by atoms with van der Waals surface area (Å²) in [5.41, 5.74) is 3.40. The third kappa shape index (κ3) is 2.45. The molecule has 0 unspecified atom stereocenters. The molecule has 1 aromatic heterocycles. The molecule has 2 nitrogen and oxygen atoms in total. The van der Waals surface area contributed by atoms with Crippen molar-refractivity contribution in [3.63, 3.8) is 0 Å². The third-order valence-electron chi connectivity index (χ3n) is 3.12. The van der Waals surface area contributed by atoms with Gasteiger partial charge in [0.15, 0.2) is 0 Å². The van der Waals surface area contributed by atoms with E-state index in [0.29, 0.717) is 10.6 Å². The number of allylic oxidation sites excluding steroid dienone is 1. The Labute approximate surface area is 121 Å². The number of nitrogens with zero attached hydrogens (tertiary/aromatic N) is 1. The number of nitriles is 1. The van der Waals surface area contributed by atoms with Crippen molar-refractivity contribution < 1.29 is 0 Å². The van der Waals surface area contributed by atoms with Gasteiger partial charge in [0, 0.05) is 15.9 Å². The Morgan fingerprint density at radius 1 is 1.10 bits per heavy atom. The molecule has 20 heavy (non-hydrogen) atoms. The summed E-state index contributed by atoms with van der Waals surface area (Å²) in [7, 11) is 0. The lowest BCUT2D eigenvalue weighted by Crippen LogP contribution is -1.81. The molecule has 96 valence electrons. The number of halogens is 1. The molecule has 0 atom stereocenters. The van der Waals surface area contributed by atoms with Gasteiger partial charge in [-0.3, -0.25) is 0 Å². The van der Waals surface area contributed by atoms with Gasteiger partial charge in [-0.15, -0.1) is 0 Å². The number of H-pyrrole nitrogens is 1. The van der Waals surface area contributed by atoms with E-state index in [0.717, 1.165) is 22.2 Å². The quantitative estimate of drug-likeness (QED) is 0.666. The van der Waals surface area contributed by atoms with Crippen molar-refractivity contribution >= 4 is 34.2 Å². The van der Waals surface area contributed by atoms with E-state index in [-0.39, 0.29) is 0 Å². The molecule has 3 aromatic rings. The Hall–Kier alpha value is -2.50. The summed E-state index contributed by atoms with van der Waals surface area (Å²) in [6.07, 6.45) is 1.85. The number of fused-ring (bicyclic) bond motifs is 1. The van der Waals surface area contributed by atoms with Gasteiger partial charge >= 0.3 is 0 Å². The first-order valence-corrected chi connectivity index (χ1v) is 6.59. The van der Waals surface area contributed by atoms with E-state index < -0.39 is 0 Å². The number of benzene rings is 2. The molecule has 0 fully saturated rings.